The number of hydrogen-bond donors (Lipinski definition) is 2. The van der Waals surface area contributed by atoms with Crippen LogP contribution in [0.25, 0.3) is 0 Å². The minimum atomic E-state index is -0.294. The van der Waals surface area contributed by atoms with Crippen LogP contribution in [0, 0.1) is 12.7 Å². The molecule has 0 aliphatic heterocycles. The Morgan fingerprint density at radius 3 is 2.90 bits per heavy atom. The van der Waals surface area contributed by atoms with Gasteiger partial charge < -0.3 is 10.6 Å². The van der Waals surface area contributed by atoms with Gasteiger partial charge in [0.05, 0.1) is 6.20 Å². The van der Waals surface area contributed by atoms with Crippen LogP contribution in [0.3, 0.4) is 0 Å². The minimum absolute atomic E-state index is 0.294. The number of aryl methyl sites for hydroxylation is 1. The predicted octanol–water partition coefficient (Wildman–Crippen LogP) is 2.84. The molecule has 0 atom stereocenters. The first-order chi connectivity index (χ1) is 9.60. The molecule has 1 heterocycles. The van der Waals surface area contributed by atoms with Gasteiger partial charge >= 0.3 is 0 Å². The van der Waals surface area contributed by atoms with E-state index in [1.54, 1.807) is 12.1 Å². The highest BCUT2D eigenvalue weighted by molar-refractivity contribution is 7.80. The van der Waals surface area contributed by atoms with Crippen molar-refractivity contribution >= 4 is 23.0 Å². The molecule has 0 fully saturated rings. The van der Waals surface area contributed by atoms with Crippen LogP contribution in [0.15, 0.2) is 30.5 Å². The van der Waals surface area contributed by atoms with E-state index < -0.39 is 0 Å². The second-order valence-electron chi connectivity index (χ2n) is 4.39. The Balaban J connectivity index is 1.90. The topological polar surface area (TPSA) is 41.9 Å². The molecule has 0 spiro atoms. The molecule has 0 radical (unpaired) electrons. The molecule has 0 amide bonds. The average molecular weight is 292 g/mol. The Labute approximate surface area is 123 Å². The molecule has 2 aromatic rings. The van der Waals surface area contributed by atoms with Crippen molar-refractivity contribution in [1.82, 2.24) is 15.1 Å². The number of anilines is 1. The molecule has 0 bridgehead atoms. The van der Waals surface area contributed by atoms with Gasteiger partial charge in [-0.1, -0.05) is 6.07 Å². The van der Waals surface area contributed by atoms with Crippen LogP contribution in [0.2, 0.25) is 0 Å². The summed E-state index contributed by atoms with van der Waals surface area (Å²) in [5, 5.41) is 10.8. The number of halogens is 1. The van der Waals surface area contributed by atoms with Gasteiger partial charge in [-0.05, 0) is 44.3 Å². The largest absolute Gasteiger partial charge is 0.358 e. The Kier molecular flexibility index (Phi) is 4.68. The van der Waals surface area contributed by atoms with E-state index in [-0.39, 0.29) is 5.82 Å². The first kappa shape index (κ1) is 14.5. The molecule has 2 rings (SSSR count). The second kappa shape index (κ2) is 6.47. The van der Waals surface area contributed by atoms with Crippen molar-refractivity contribution in [2.75, 3.05) is 5.32 Å². The van der Waals surface area contributed by atoms with Crippen LogP contribution < -0.4 is 10.6 Å². The zero-order valence-corrected chi connectivity index (χ0v) is 12.3. The van der Waals surface area contributed by atoms with E-state index >= 15 is 0 Å². The normalized spacial score (nSPS) is 10.3. The summed E-state index contributed by atoms with van der Waals surface area (Å²) in [7, 11) is 0. The number of nitrogens with zero attached hydrogens (tertiary/aromatic N) is 2. The monoisotopic (exact) mass is 292 g/mol. The third kappa shape index (κ3) is 3.54. The van der Waals surface area contributed by atoms with Crippen molar-refractivity contribution in [3.8, 4) is 0 Å². The molecule has 1 aromatic carbocycles. The molecule has 0 aliphatic carbocycles. The summed E-state index contributed by atoms with van der Waals surface area (Å²) in [6.45, 7) is 5.51. The van der Waals surface area contributed by atoms with Crippen molar-refractivity contribution < 1.29 is 4.39 Å². The molecule has 1 aromatic heterocycles. The Hall–Kier alpha value is -1.95. The predicted molar refractivity (Wildman–Crippen MR) is 82.1 cm³/mol. The number of benzene rings is 1. The van der Waals surface area contributed by atoms with Crippen molar-refractivity contribution in [1.29, 1.82) is 0 Å². The minimum Gasteiger partial charge on any atom is -0.358 e. The lowest BCUT2D eigenvalue weighted by atomic mass is 10.2. The van der Waals surface area contributed by atoms with Gasteiger partial charge in [0, 0.05) is 30.0 Å². The maximum atomic E-state index is 13.0. The van der Waals surface area contributed by atoms with Crippen molar-refractivity contribution in [2.24, 2.45) is 0 Å². The summed E-state index contributed by atoms with van der Waals surface area (Å²) in [6.07, 6.45) is 1.83. The van der Waals surface area contributed by atoms with Gasteiger partial charge in [0.15, 0.2) is 5.11 Å². The summed E-state index contributed by atoms with van der Waals surface area (Å²) in [5.41, 5.74) is 2.84. The smallest absolute Gasteiger partial charge is 0.171 e. The lowest BCUT2D eigenvalue weighted by Crippen LogP contribution is -2.28. The first-order valence-electron chi connectivity index (χ1n) is 6.42. The summed E-state index contributed by atoms with van der Waals surface area (Å²) >= 11 is 5.19. The number of hydrogen-bond acceptors (Lipinski definition) is 2. The van der Waals surface area contributed by atoms with Crippen LogP contribution in [0.1, 0.15) is 18.2 Å². The van der Waals surface area contributed by atoms with E-state index in [9.17, 15) is 4.39 Å². The average Bonchev–Trinajstić information content (AvgIpc) is 2.77. The molecule has 106 valence electrons. The molecule has 0 unspecified atom stereocenters. The highest BCUT2D eigenvalue weighted by Gasteiger charge is 2.05. The highest BCUT2D eigenvalue weighted by atomic mass is 32.1. The summed E-state index contributed by atoms with van der Waals surface area (Å²) < 4.78 is 15.0. The number of rotatable bonds is 4. The third-order valence-corrected chi connectivity index (χ3v) is 3.27. The van der Waals surface area contributed by atoms with E-state index in [0.29, 0.717) is 17.3 Å². The molecule has 2 N–H and O–H groups in total. The van der Waals surface area contributed by atoms with Gasteiger partial charge in [-0.3, -0.25) is 4.68 Å². The van der Waals surface area contributed by atoms with Gasteiger partial charge in [0.1, 0.15) is 5.82 Å². The van der Waals surface area contributed by atoms with E-state index in [2.05, 4.69) is 15.7 Å². The van der Waals surface area contributed by atoms with Gasteiger partial charge in [0.2, 0.25) is 0 Å². The van der Waals surface area contributed by atoms with E-state index in [4.69, 9.17) is 12.2 Å². The third-order valence-electron chi connectivity index (χ3n) is 3.03. The Morgan fingerprint density at radius 1 is 1.45 bits per heavy atom. The summed E-state index contributed by atoms with van der Waals surface area (Å²) in [6, 6.07) is 6.19. The summed E-state index contributed by atoms with van der Waals surface area (Å²) in [5.74, 6) is -0.294. The van der Waals surface area contributed by atoms with E-state index in [1.165, 1.54) is 12.1 Å². The fourth-order valence-corrected chi connectivity index (χ4v) is 2.08. The van der Waals surface area contributed by atoms with Crippen molar-refractivity contribution in [2.45, 2.75) is 26.9 Å². The van der Waals surface area contributed by atoms with Crippen molar-refractivity contribution in [3.63, 3.8) is 0 Å². The molecular formula is C14H17FN4S. The fraction of sp³-hybridized carbons (Fsp3) is 0.286. The van der Waals surface area contributed by atoms with Crippen LogP contribution >= 0.6 is 12.2 Å². The number of thiocarbonyl (C=S) groups is 1. The highest BCUT2D eigenvalue weighted by Crippen LogP contribution is 2.09. The standard InChI is InChI=1S/C14H17FN4S/c1-3-19-10(2)11(9-17-19)8-16-14(20)18-13-6-4-5-12(15)7-13/h4-7,9H,3,8H2,1-2H3,(H2,16,18,20). The van der Waals surface area contributed by atoms with Gasteiger partial charge in [-0.15, -0.1) is 0 Å². The van der Waals surface area contributed by atoms with E-state index in [0.717, 1.165) is 17.8 Å². The SMILES string of the molecule is CCn1ncc(CNC(=S)Nc2cccc(F)c2)c1C. The lowest BCUT2D eigenvalue weighted by Gasteiger charge is -2.10. The lowest BCUT2D eigenvalue weighted by molar-refractivity contribution is 0.628. The molecule has 0 saturated carbocycles. The molecule has 6 heteroatoms. The van der Waals surface area contributed by atoms with Crippen LogP contribution in [-0.4, -0.2) is 14.9 Å². The maximum Gasteiger partial charge on any atom is 0.171 e. The zero-order chi connectivity index (χ0) is 14.5. The van der Waals surface area contributed by atoms with Crippen LogP contribution in [0.5, 0.6) is 0 Å². The second-order valence-corrected chi connectivity index (χ2v) is 4.80. The fourth-order valence-electron chi connectivity index (χ4n) is 1.89. The Morgan fingerprint density at radius 2 is 2.25 bits per heavy atom. The summed E-state index contributed by atoms with van der Waals surface area (Å²) in [4.78, 5) is 0. The quantitative estimate of drug-likeness (QED) is 0.850. The van der Waals surface area contributed by atoms with Crippen molar-refractivity contribution in [3.05, 3.63) is 47.5 Å². The molecular weight excluding hydrogens is 275 g/mol. The number of aromatic nitrogens is 2. The molecule has 20 heavy (non-hydrogen) atoms. The molecule has 0 saturated heterocycles. The first-order valence-corrected chi connectivity index (χ1v) is 6.82. The Bertz CT molecular complexity index is 609. The van der Waals surface area contributed by atoms with Gasteiger partial charge in [0.25, 0.3) is 0 Å². The zero-order valence-electron chi connectivity index (χ0n) is 11.5. The van der Waals surface area contributed by atoms with Gasteiger partial charge in [-0.25, -0.2) is 4.39 Å². The maximum absolute atomic E-state index is 13.0. The molecule has 4 nitrogen and oxygen atoms in total. The van der Waals surface area contributed by atoms with E-state index in [1.807, 2.05) is 24.7 Å². The molecule has 0 aliphatic rings. The number of nitrogens with one attached hydrogen (secondary N) is 2. The van der Waals surface area contributed by atoms with Crippen LogP contribution in [-0.2, 0) is 13.1 Å². The van der Waals surface area contributed by atoms with Gasteiger partial charge in [-0.2, -0.15) is 5.10 Å². The van der Waals surface area contributed by atoms with Crippen LogP contribution in [0.4, 0.5) is 10.1 Å².